The number of halogens is 3. The Morgan fingerprint density at radius 1 is 1.43 bits per heavy atom. The quantitative estimate of drug-likeness (QED) is 0.859. The van der Waals surface area contributed by atoms with Crippen molar-refractivity contribution in [2.45, 2.75) is 45.9 Å². The molecule has 0 aliphatic carbocycles. The van der Waals surface area contributed by atoms with Gasteiger partial charge in [0.2, 0.25) is 5.91 Å². The first-order valence-electron chi connectivity index (χ1n) is 6.73. The minimum atomic E-state index is -2.75. The topological polar surface area (TPSA) is 47.4 Å². The van der Waals surface area contributed by atoms with Gasteiger partial charge in [-0.25, -0.2) is 8.78 Å². The lowest BCUT2D eigenvalue weighted by Gasteiger charge is -2.35. The number of carbonyl (C=O) groups excluding carboxylic acids is 1. The summed E-state index contributed by atoms with van der Waals surface area (Å²) in [6.45, 7) is 6.22. The van der Waals surface area contributed by atoms with Gasteiger partial charge in [0, 0.05) is 13.1 Å². The Balaban J connectivity index is 2.11. The third kappa shape index (κ3) is 3.52. The second-order valence-corrected chi connectivity index (χ2v) is 5.68. The maximum atomic E-state index is 12.7. The summed E-state index contributed by atoms with van der Waals surface area (Å²) in [6.07, 6.45) is -2.84. The van der Waals surface area contributed by atoms with Crippen molar-refractivity contribution in [1.29, 1.82) is 0 Å². The molecule has 118 valence electrons. The van der Waals surface area contributed by atoms with Crippen LogP contribution in [0.25, 0.3) is 0 Å². The SMILES string of the molecule is Cc1c(Cl)c(C(F)F)nn1CC(=O)N1C[C@H](C)O[C@@H](C)C1. The monoisotopic (exact) mass is 321 g/mol. The van der Waals surface area contributed by atoms with Gasteiger partial charge < -0.3 is 9.64 Å². The number of morpholine rings is 1. The van der Waals surface area contributed by atoms with Crippen molar-refractivity contribution >= 4 is 17.5 Å². The fourth-order valence-corrected chi connectivity index (χ4v) is 2.67. The molecule has 2 rings (SSSR count). The lowest BCUT2D eigenvalue weighted by Crippen LogP contribution is -2.49. The van der Waals surface area contributed by atoms with Crippen LogP contribution in [0.1, 0.15) is 31.7 Å². The Bertz CT molecular complexity index is 526. The summed E-state index contributed by atoms with van der Waals surface area (Å²) in [4.78, 5) is 13.9. The smallest absolute Gasteiger partial charge is 0.283 e. The van der Waals surface area contributed by atoms with Crippen LogP contribution in [0.2, 0.25) is 5.02 Å². The van der Waals surface area contributed by atoms with Crippen LogP contribution in [0.4, 0.5) is 8.78 Å². The minimum absolute atomic E-state index is 0.0448. The van der Waals surface area contributed by atoms with Gasteiger partial charge in [-0.3, -0.25) is 9.48 Å². The van der Waals surface area contributed by atoms with Gasteiger partial charge in [-0.2, -0.15) is 5.10 Å². The Morgan fingerprint density at radius 2 is 2.00 bits per heavy atom. The Morgan fingerprint density at radius 3 is 2.48 bits per heavy atom. The molecule has 1 amide bonds. The molecule has 2 heterocycles. The van der Waals surface area contributed by atoms with Gasteiger partial charge in [-0.1, -0.05) is 11.6 Å². The average Bonchev–Trinajstić information content (AvgIpc) is 2.66. The number of hydrogen-bond donors (Lipinski definition) is 0. The molecule has 1 aromatic heterocycles. The number of alkyl halides is 2. The summed E-state index contributed by atoms with van der Waals surface area (Å²) in [5, 5.41) is 3.66. The number of hydrogen-bond acceptors (Lipinski definition) is 3. The van der Waals surface area contributed by atoms with Gasteiger partial charge in [-0.05, 0) is 20.8 Å². The van der Waals surface area contributed by atoms with E-state index in [4.69, 9.17) is 16.3 Å². The third-order valence-electron chi connectivity index (χ3n) is 3.42. The van der Waals surface area contributed by atoms with Crippen molar-refractivity contribution in [3.63, 3.8) is 0 Å². The molecule has 0 saturated carbocycles. The first-order chi connectivity index (χ1) is 9.79. The largest absolute Gasteiger partial charge is 0.372 e. The van der Waals surface area contributed by atoms with Crippen LogP contribution in [-0.2, 0) is 16.1 Å². The highest BCUT2D eigenvalue weighted by atomic mass is 35.5. The molecule has 21 heavy (non-hydrogen) atoms. The maximum absolute atomic E-state index is 12.7. The summed E-state index contributed by atoms with van der Waals surface area (Å²) >= 11 is 5.82. The average molecular weight is 322 g/mol. The van der Waals surface area contributed by atoms with Crippen molar-refractivity contribution in [2.24, 2.45) is 0 Å². The molecule has 0 N–H and O–H groups in total. The summed E-state index contributed by atoms with van der Waals surface area (Å²) < 4.78 is 32.3. The molecule has 1 saturated heterocycles. The summed E-state index contributed by atoms with van der Waals surface area (Å²) in [5.41, 5.74) is -0.111. The Kier molecular flexibility index (Phi) is 4.83. The standard InChI is InChI=1S/C13H18ClF2N3O2/c1-7-4-18(5-8(2)21-7)10(20)6-19-9(3)11(14)12(17-19)13(15)16/h7-8,13H,4-6H2,1-3H3/t7-,8-/m0/s1. The second-order valence-electron chi connectivity index (χ2n) is 5.30. The molecule has 0 aromatic carbocycles. The predicted octanol–water partition coefficient (Wildman–Crippen LogP) is 2.42. The lowest BCUT2D eigenvalue weighted by molar-refractivity contribution is -0.144. The number of nitrogens with zero attached hydrogens (tertiary/aromatic N) is 3. The van der Waals surface area contributed by atoms with E-state index in [1.165, 1.54) is 4.68 Å². The summed E-state index contributed by atoms with van der Waals surface area (Å²) in [5.74, 6) is -0.180. The number of amides is 1. The fraction of sp³-hybridized carbons (Fsp3) is 0.692. The molecule has 1 aliphatic heterocycles. The van der Waals surface area contributed by atoms with Crippen LogP contribution in [0, 0.1) is 6.92 Å². The number of aromatic nitrogens is 2. The van der Waals surface area contributed by atoms with E-state index in [1.807, 2.05) is 13.8 Å². The molecular weight excluding hydrogens is 304 g/mol. The lowest BCUT2D eigenvalue weighted by atomic mass is 10.2. The highest BCUT2D eigenvalue weighted by molar-refractivity contribution is 6.31. The molecule has 0 unspecified atom stereocenters. The van der Waals surface area contributed by atoms with Crippen LogP contribution < -0.4 is 0 Å². The maximum Gasteiger partial charge on any atom is 0.283 e. The van der Waals surface area contributed by atoms with Gasteiger partial charge in [0.1, 0.15) is 12.2 Å². The first kappa shape index (κ1) is 16.2. The molecule has 0 spiro atoms. The van der Waals surface area contributed by atoms with E-state index in [9.17, 15) is 13.6 Å². The predicted molar refractivity (Wildman–Crippen MR) is 73.5 cm³/mol. The Hall–Kier alpha value is -1.21. The second kappa shape index (κ2) is 6.27. The zero-order valence-corrected chi connectivity index (χ0v) is 12.9. The van der Waals surface area contributed by atoms with E-state index in [0.717, 1.165) is 0 Å². The number of ether oxygens (including phenoxy) is 1. The number of carbonyl (C=O) groups is 1. The van der Waals surface area contributed by atoms with Crippen LogP contribution in [0.15, 0.2) is 0 Å². The van der Waals surface area contributed by atoms with E-state index in [-0.39, 0.29) is 29.7 Å². The first-order valence-corrected chi connectivity index (χ1v) is 7.11. The van der Waals surface area contributed by atoms with Gasteiger partial charge in [-0.15, -0.1) is 0 Å². The van der Waals surface area contributed by atoms with Gasteiger partial charge in [0.25, 0.3) is 6.43 Å². The Labute approximate surface area is 126 Å². The molecular formula is C13H18ClF2N3O2. The number of rotatable bonds is 3. The van der Waals surface area contributed by atoms with Crippen LogP contribution in [0.3, 0.4) is 0 Å². The van der Waals surface area contributed by atoms with E-state index in [2.05, 4.69) is 5.10 Å². The van der Waals surface area contributed by atoms with E-state index < -0.39 is 12.1 Å². The third-order valence-corrected chi connectivity index (χ3v) is 3.89. The molecule has 1 aliphatic rings. The van der Waals surface area contributed by atoms with Crippen molar-refractivity contribution in [1.82, 2.24) is 14.7 Å². The molecule has 0 bridgehead atoms. The van der Waals surface area contributed by atoms with Crippen molar-refractivity contribution < 1.29 is 18.3 Å². The van der Waals surface area contributed by atoms with Crippen molar-refractivity contribution in [3.8, 4) is 0 Å². The molecule has 8 heteroatoms. The van der Waals surface area contributed by atoms with E-state index in [0.29, 0.717) is 18.8 Å². The molecule has 1 aromatic rings. The van der Waals surface area contributed by atoms with Crippen LogP contribution in [0.5, 0.6) is 0 Å². The highest BCUT2D eigenvalue weighted by Gasteiger charge is 2.27. The molecule has 1 fully saturated rings. The van der Waals surface area contributed by atoms with Gasteiger partial charge in [0.15, 0.2) is 0 Å². The van der Waals surface area contributed by atoms with Crippen molar-refractivity contribution in [2.75, 3.05) is 13.1 Å². The zero-order chi connectivity index (χ0) is 15.7. The van der Waals surface area contributed by atoms with Crippen LogP contribution in [-0.4, -0.2) is 45.9 Å². The van der Waals surface area contributed by atoms with E-state index in [1.54, 1.807) is 11.8 Å². The van der Waals surface area contributed by atoms with Crippen molar-refractivity contribution in [3.05, 3.63) is 16.4 Å². The zero-order valence-electron chi connectivity index (χ0n) is 12.1. The van der Waals surface area contributed by atoms with Gasteiger partial charge >= 0.3 is 0 Å². The minimum Gasteiger partial charge on any atom is -0.372 e. The highest BCUT2D eigenvalue weighted by Crippen LogP contribution is 2.28. The normalized spacial score (nSPS) is 22.9. The molecule has 5 nitrogen and oxygen atoms in total. The molecule has 0 radical (unpaired) electrons. The van der Waals surface area contributed by atoms with Crippen LogP contribution >= 0.6 is 11.6 Å². The van der Waals surface area contributed by atoms with Gasteiger partial charge in [0.05, 0.1) is 22.9 Å². The summed E-state index contributed by atoms with van der Waals surface area (Å²) in [7, 11) is 0. The summed E-state index contributed by atoms with van der Waals surface area (Å²) in [6, 6.07) is 0. The fourth-order valence-electron chi connectivity index (χ4n) is 2.45. The van der Waals surface area contributed by atoms with E-state index >= 15 is 0 Å². The molecule has 2 atom stereocenters.